The summed E-state index contributed by atoms with van der Waals surface area (Å²) in [5, 5.41) is 7.80. The monoisotopic (exact) mass is 382 g/mol. The lowest BCUT2D eigenvalue weighted by Gasteiger charge is -2.38. The summed E-state index contributed by atoms with van der Waals surface area (Å²) in [6.45, 7) is 6.97. The molecular weight excluding hydrogens is 352 g/mol. The van der Waals surface area contributed by atoms with E-state index < -0.39 is 0 Å². The second-order valence-corrected chi connectivity index (χ2v) is 9.10. The highest BCUT2D eigenvalue weighted by Gasteiger charge is 2.41. The Kier molecular flexibility index (Phi) is 4.68. The molecule has 4 atom stereocenters. The van der Waals surface area contributed by atoms with Crippen LogP contribution in [0.15, 0.2) is 22.6 Å². The zero-order valence-electron chi connectivity index (χ0n) is 16.8. The summed E-state index contributed by atoms with van der Waals surface area (Å²) in [7, 11) is 0. The highest BCUT2D eigenvalue weighted by atomic mass is 16.5. The first-order valence-corrected chi connectivity index (χ1v) is 10.7. The Morgan fingerprint density at radius 3 is 2.79 bits per heavy atom. The Hall–Kier alpha value is -1.85. The van der Waals surface area contributed by atoms with Crippen molar-refractivity contribution in [1.29, 1.82) is 0 Å². The molecule has 5 heteroatoms. The molecule has 2 heterocycles. The van der Waals surface area contributed by atoms with E-state index in [1.807, 2.05) is 26.0 Å². The van der Waals surface area contributed by atoms with Gasteiger partial charge in [-0.05, 0) is 82.0 Å². The van der Waals surface area contributed by atoms with Crippen LogP contribution in [-0.2, 0) is 4.74 Å². The van der Waals surface area contributed by atoms with Crippen molar-refractivity contribution in [1.82, 2.24) is 10.6 Å². The zero-order chi connectivity index (χ0) is 19.3. The van der Waals surface area contributed by atoms with E-state index in [0.29, 0.717) is 17.6 Å². The minimum Gasteiger partial charge on any atom is -0.451 e. The summed E-state index contributed by atoms with van der Waals surface area (Å²) in [6, 6.07) is 6.15. The lowest BCUT2D eigenvalue weighted by Crippen LogP contribution is -2.50. The van der Waals surface area contributed by atoms with Gasteiger partial charge in [0.25, 0.3) is 5.91 Å². The van der Waals surface area contributed by atoms with Crippen molar-refractivity contribution in [3.05, 3.63) is 35.1 Å². The first-order chi connectivity index (χ1) is 13.6. The predicted molar refractivity (Wildman–Crippen MR) is 108 cm³/mol. The van der Waals surface area contributed by atoms with Gasteiger partial charge in [0.15, 0.2) is 5.76 Å². The molecule has 1 aromatic heterocycles. The molecular formula is C23H30N2O3. The third-order valence-electron chi connectivity index (χ3n) is 6.88. The molecule has 0 spiro atoms. The molecule has 5 rings (SSSR count). The molecule has 28 heavy (non-hydrogen) atoms. The van der Waals surface area contributed by atoms with Crippen LogP contribution in [0.1, 0.15) is 47.4 Å². The molecule has 150 valence electrons. The van der Waals surface area contributed by atoms with Crippen LogP contribution in [0.2, 0.25) is 0 Å². The molecule has 2 N–H and O–H groups in total. The molecule has 1 amide bonds. The molecule has 3 fully saturated rings. The summed E-state index contributed by atoms with van der Waals surface area (Å²) >= 11 is 0. The van der Waals surface area contributed by atoms with Gasteiger partial charge in [0.2, 0.25) is 0 Å². The van der Waals surface area contributed by atoms with Gasteiger partial charge in [-0.3, -0.25) is 4.79 Å². The van der Waals surface area contributed by atoms with Crippen molar-refractivity contribution in [2.75, 3.05) is 19.7 Å². The Morgan fingerprint density at radius 2 is 2.00 bits per heavy atom. The standard InChI is InChI=1S/C23H30N2O3/c1-13-3-6-18-14(2)22(28-20(18)7-13)23(26)25-19-8-16-10-24-11-17(16)9-21(19)27-12-15-4-5-15/h3,6-7,15-17,19,21,24H,4-5,8-12H2,1-2H3,(H,25,26)/t16-,17+,19-,21-/m0/s1. The fourth-order valence-electron chi connectivity index (χ4n) is 4.94. The Labute approximate surface area is 166 Å². The van der Waals surface area contributed by atoms with Crippen LogP contribution in [0.4, 0.5) is 0 Å². The molecule has 2 aromatic rings. The number of carbonyl (C=O) groups is 1. The Bertz CT molecular complexity index is 885. The minimum absolute atomic E-state index is 0.0572. The summed E-state index contributed by atoms with van der Waals surface area (Å²) in [5.74, 6) is 2.37. The van der Waals surface area contributed by atoms with Gasteiger partial charge in [0, 0.05) is 17.6 Å². The number of aryl methyl sites for hydroxylation is 2. The number of hydrogen-bond acceptors (Lipinski definition) is 4. The molecule has 0 bridgehead atoms. The fraction of sp³-hybridized carbons (Fsp3) is 0.609. The van der Waals surface area contributed by atoms with Gasteiger partial charge in [-0.25, -0.2) is 0 Å². The summed E-state index contributed by atoms with van der Waals surface area (Å²) in [6.07, 6.45) is 4.70. The lowest BCUT2D eigenvalue weighted by atomic mass is 9.77. The normalized spacial score (nSPS) is 29.8. The van der Waals surface area contributed by atoms with E-state index in [4.69, 9.17) is 9.15 Å². The predicted octanol–water partition coefficient (Wildman–Crippen LogP) is 3.57. The summed E-state index contributed by atoms with van der Waals surface area (Å²) < 4.78 is 12.2. The minimum atomic E-state index is -0.110. The van der Waals surface area contributed by atoms with Gasteiger partial charge in [0.1, 0.15) is 5.58 Å². The quantitative estimate of drug-likeness (QED) is 0.830. The maximum absolute atomic E-state index is 13.1. The number of rotatable bonds is 5. The average Bonchev–Trinajstić information content (AvgIpc) is 3.30. The first kappa shape index (κ1) is 18.2. The Morgan fingerprint density at radius 1 is 1.21 bits per heavy atom. The molecule has 0 unspecified atom stereocenters. The molecule has 2 saturated carbocycles. The second-order valence-electron chi connectivity index (χ2n) is 9.10. The van der Waals surface area contributed by atoms with E-state index in [-0.39, 0.29) is 18.1 Å². The van der Waals surface area contributed by atoms with Crippen LogP contribution in [0, 0.1) is 31.6 Å². The number of ether oxygens (including phenoxy) is 1. The lowest BCUT2D eigenvalue weighted by molar-refractivity contribution is -0.0213. The zero-order valence-corrected chi connectivity index (χ0v) is 16.8. The number of hydrogen-bond donors (Lipinski definition) is 2. The van der Waals surface area contributed by atoms with Crippen LogP contribution < -0.4 is 10.6 Å². The van der Waals surface area contributed by atoms with E-state index in [1.165, 1.54) is 12.8 Å². The van der Waals surface area contributed by atoms with E-state index in [2.05, 4.69) is 16.7 Å². The maximum atomic E-state index is 13.1. The van der Waals surface area contributed by atoms with Gasteiger partial charge in [-0.2, -0.15) is 0 Å². The number of fused-ring (bicyclic) bond motifs is 2. The highest BCUT2D eigenvalue weighted by molar-refractivity contribution is 5.99. The Balaban J connectivity index is 1.34. The van der Waals surface area contributed by atoms with E-state index in [1.54, 1.807) is 0 Å². The van der Waals surface area contributed by atoms with Crippen molar-refractivity contribution in [3.63, 3.8) is 0 Å². The third kappa shape index (κ3) is 3.46. The molecule has 3 aliphatic rings. The largest absolute Gasteiger partial charge is 0.451 e. The van der Waals surface area contributed by atoms with E-state index in [0.717, 1.165) is 60.6 Å². The molecule has 2 aliphatic carbocycles. The smallest absolute Gasteiger partial charge is 0.287 e. The number of benzene rings is 1. The van der Waals surface area contributed by atoms with Gasteiger partial charge in [-0.15, -0.1) is 0 Å². The summed E-state index contributed by atoms with van der Waals surface area (Å²) in [5.41, 5.74) is 2.83. The molecule has 1 aliphatic heterocycles. The van der Waals surface area contributed by atoms with Gasteiger partial charge < -0.3 is 19.8 Å². The van der Waals surface area contributed by atoms with E-state index >= 15 is 0 Å². The van der Waals surface area contributed by atoms with Crippen LogP contribution in [0.5, 0.6) is 0 Å². The molecule has 5 nitrogen and oxygen atoms in total. The van der Waals surface area contributed by atoms with Crippen LogP contribution >= 0.6 is 0 Å². The van der Waals surface area contributed by atoms with Crippen LogP contribution in [-0.4, -0.2) is 37.7 Å². The van der Waals surface area contributed by atoms with Crippen molar-refractivity contribution in [3.8, 4) is 0 Å². The van der Waals surface area contributed by atoms with Gasteiger partial charge >= 0.3 is 0 Å². The topological polar surface area (TPSA) is 63.5 Å². The van der Waals surface area contributed by atoms with E-state index in [9.17, 15) is 4.79 Å². The molecule has 1 saturated heterocycles. The van der Waals surface area contributed by atoms with Gasteiger partial charge in [0.05, 0.1) is 12.1 Å². The molecule has 0 radical (unpaired) electrons. The average molecular weight is 383 g/mol. The first-order valence-electron chi connectivity index (χ1n) is 10.7. The number of nitrogens with one attached hydrogen (secondary N) is 2. The number of furan rings is 1. The number of amides is 1. The van der Waals surface area contributed by atoms with Crippen LogP contribution in [0.25, 0.3) is 11.0 Å². The fourth-order valence-corrected chi connectivity index (χ4v) is 4.94. The molecule has 1 aromatic carbocycles. The van der Waals surface area contributed by atoms with Crippen molar-refractivity contribution in [2.45, 2.75) is 51.7 Å². The maximum Gasteiger partial charge on any atom is 0.287 e. The second kappa shape index (κ2) is 7.20. The highest BCUT2D eigenvalue weighted by Crippen LogP contribution is 2.37. The van der Waals surface area contributed by atoms with Crippen molar-refractivity contribution < 1.29 is 13.9 Å². The SMILES string of the molecule is Cc1ccc2c(C)c(C(=O)N[C@H]3C[C@H]4CNC[C@H]4C[C@@H]3OCC3CC3)oc2c1. The number of carbonyl (C=O) groups excluding carboxylic acids is 1. The van der Waals surface area contributed by atoms with Crippen molar-refractivity contribution in [2.24, 2.45) is 17.8 Å². The van der Waals surface area contributed by atoms with Crippen LogP contribution in [0.3, 0.4) is 0 Å². The van der Waals surface area contributed by atoms with Crippen molar-refractivity contribution >= 4 is 16.9 Å². The van der Waals surface area contributed by atoms with Gasteiger partial charge in [-0.1, -0.05) is 12.1 Å². The third-order valence-corrected chi connectivity index (χ3v) is 6.88. The summed E-state index contributed by atoms with van der Waals surface area (Å²) in [4.78, 5) is 13.1.